The molecule has 0 aliphatic carbocycles. The fourth-order valence-corrected chi connectivity index (χ4v) is 2.56. The molecule has 130 valence electrons. The van der Waals surface area contributed by atoms with Gasteiger partial charge in [-0.05, 0) is 17.7 Å². The number of carbonyl (C=O) groups excluding carboxylic acids is 1. The highest BCUT2D eigenvalue weighted by Crippen LogP contribution is 2.29. The molecule has 0 aromatic heterocycles. The van der Waals surface area contributed by atoms with Crippen LogP contribution in [0.2, 0.25) is 5.02 Å². The number of nitrogens with one attached hydrogen (secondary N) is 1. The van der Waals surface area contributed by atoms with Gasteiger partial charge in [0.15, 0.2) is 6.61 Å². The lowest BCUT2D eigenvalue weighted by molar-refractivity contribution is -0.123. The summed E-state index contributed by atoms with van der Waals surface area (Å²) in [7, 11) is 0. The van der Waals surface area contributed by atoms with E-state index in [2.05, 4.69) is 10.5 Å². The first-order valence-corrected chi connectivity index (χ1v) is 8.45. The van der Waals surface area contributed by atoms with Crippen LogP contribution in [0.3, 0.4) is 0 Å². The molecule has 0 radical (unpaired) electrons. The van der Waals surface area contributed by atoms with Gasteiger partial charge in [-0.15, -0.1) is 0 Å². The van der Waals surface area contributed by atoms with Gasteiger partial charge < -0.3 is 4.74 Å². The number of halogens is 1. The van der Waals surface area contributed by atoms with Crippen LogP contribution in [0.15, 0.2) is 84.0 Å². The van der Waals surface area contributed by atoms with Crippen molar-refractivity contribution < 1.29 is 9.53 Å². The van der Waals surface area contributed by atoms with Crippen LogP contribution in [0.1, 0.15) is 5.56 Å². The van der Waals surface area contributed by atoms with Crippen LogP contribution in [0.5, 0.6) is 5.75 Å². The summed E-state index contributed by atoms with van der Waals surface area (Å²) in [6, 6.07) is 24.7. The number of rotatable bonds is 6. The second kappa shape index (κ2) is 8.83. The molecule has 1 N–H and O–H groups in total. The lowest BCUT2D eigenvalue weighted by atomic mass is 10.1. The van der Waals surface area contributed by atoms with Crippen LogP contribution in [-0.4, -0.2) is 18.7 Å². The maximum Gasteiger partial charge on any atom is 0.277 e. The zero-order chi connectivity index (χ0) is 18.2. The zero-order valence-electron chi connectivity index (χ0n) is 13.9. The van der Waals surface area contributed by atoms with Crippen molar-refractivity contribution in [1.82, 2.24) is 5.43 Å². The van der Waals surface area contributed by atoms with E-state index in [-0.39, 0.29) is 12.5 Å². The van der Waals surface area contributed by atoms with E-state index < -0.39 is 0 Å². The second-order valence-electron chi connectivity index (χ2n) is 5.47. The highest BCUT2D eigenvalue weighted by molar-refractivity contribution is 6.33. The number of hydrogen-bond acceptors (Lipinski definition) is 3. The van der Waals surface area contributed by atoms with Crippen molar-refractivity contribution in [2.75, 3.05) is 6.61 Å². The van der Waals surface area contributed by atoms with Crippen LogP contribution < -0.4 is 10.2 Å². The van der Waals surface area contributed by atoms with Gasteiger partial charge >= 0.3 is 0 Å². The quantitative estimate of drug-likeness (QED) is 0.516. The van der Waals surface area contributed by atoms with Gasteiger partial charge in [0.2, 0.25) is 0 Å². The molecule has 3 aromatic rings. The number of ether oxygens (including phenoxy) is 1. The Morgan fingerprint density at radius 3 is 2.46 bits per heavy atom. The van der Waals surface area contributed by atoms with Crippen LogP contribution in [0.4, 0.5) is 0 Å². The molecule has 0 aliphatic heterocycles. The minimum Gasteiger partial charge on any atom is -0.483 e. The Morgan fingerprint density at radius 1 is 0.962 bits per heavy atom. The molecular formula is C21H17ClN2O2. The molecule has 0 unspecified atom stereocenters. The average molecular weight is 365 g/mol. The van der Waals surface area contributed by atoms with Crippen LogP contribution in [0, 0.1) is 0 Å². The molecule has 3 rings (SSSR count). The molecule has 0 atom stereocenters. The third-order valence-corrected chi connectivity index (χ3v) is 3.97. The summed E-state index contributed by atoms with van der Waals surface area (Å²) < 4.78 is 5.67. The Morgan fingerprint density at radius 2 is 1.65 bits per heavy atom. The van der Waals surface area contributed by atoms with E-state index in [1.807, 2.05) is 72.8 Å². The third kappa shape index (κ3) is 4.71. The molecule has 0 saturated carbocycles. The second-order valence-corrected chi connectivity index (χ2v) is 5.87. The first-order valence-electron chi connectivity index (χ1n) is 8.08. The lowest BCUT2D eigenvalue weighted by Crippen LogP contribution is -2.24. The van der Waals surface area contributed by atoms with Crippen LogP contribution in [0.25, 0.3) is 11.1 Å². The number of benzene rings is 3. The summed E-state index contributed by atoms with van der Waals surface area (Å²) in [6.45, 7) is -0.135. The van der Waals surface area contributed by atoms with Crippen molar-refractivity contribution in [1.29, 1.82) is 0 Å². The Balaban J connectivity index is 1.60. The Hall–Kier alpha value is -3.11. The highest BCUT2D eigenvalue weighted by Gasteiger charge is 2.07. The van der Waals surface area contributed by atoms with Crippen LogP contribution >= 0.6 is 11.6 Å². The van der Waals surface area contributed by atoms with E-state index in [1.165, 1.54) is 6.21 Å². The fourth-order valence-electron chi connectivity index (χ4n) is 2.38. The molecule has 4 nitrogen and oxygen atoms in total. The Kier molecular flexibility index (Phi) is 6.01. The van der Waals surface area contributed by atoms with E-state index in [9.17, 15) is 4.79 Å². The molecule has 0 fully saturated rings. The number of amides is 1. The van der Waals surface area contributed by atoms with Gasteiger partial charge in [0.1, 0.15) is 5.75 Å². The minimum atomic E-state index is -0.351. The normalized spacial score (nSPS) is 10.7. The number of carbonyl (C=O) groups is 1. The highest BCUT2D eigenvalue weighted by atomic mass is 35.5. The van der Waals surface area contributed by atoms with Gasteiger partial charge in [0, 0.05) is 16.1 Å². The Bertz CT molecular complexity index is 911. The molecule has 26 heavy (non-hydrogen) atoms. The molecule has 1 amide bonds. The van der Waals surface area contributed by atoms with E-state index >= 15 is 0 Å². The first kappa shape index (κ1) is 17.7. The molecule has 3 aromatic carbocycles. The topological polar surface area (TPSA) is 50.7 Å². The molecule has 5 heteroatoms. The summed E-state index contributed by atoms with van der Waals surface area (Å²) in [5, 5.41) is 4.47. The minimum absolute atomic E-state index is 0.135. The van der Waals surface area contributed by atoms with Crippen molar-refractivity contribution in [3.63, 3.8) is 0 Å². The molecule has 0 saturated heterocycles. The molecular weight excluding hydrogens is 348 g/mol. The van der Waals surface area contributed by atoms with E-state index in [0.29, 0.717) is 10.8 Å². The fraction of sp³-hybridized carbons (Fsp3) is 0.0476. The Labute approximate surface area is 157 Å². The molecule has 0 aliphatic rings. The van der Waals surface area contributed by atoms with Crippen molar-refractivity contribution in [2.45, 2.75) is 0 Å². The molecule has 0 spiro atoms. The summed E-state index contributed by atoms with van der Waals surface area (Å²) in [6.07, 6.45) is 1.50. The van der Waals surface area contributed by atoms with Gasteiger partial charge in [-0.2, -0.15) is 5.10 Å². The number of nitrogens with zero attached hydrogens (tertiary/aromatic N) is 1. The summed E-state index contributed by atoms with van der Waals surface area (Å²) in [5.41, 5.74) is 5.12. The summed E-state index contributed by atoms with van der Waals surface area (Å²) in [4.78, 5) is 12.0. The summed E-state index contributed by atoms with van der Waals surface area (Å²) >= 11 is 6.03. The SMILES string of the molecule is O=C(COc1ccccc1-c1ccccc1)N/N=C/c1ccccc1Cl. The van der Waals surface area contributed by atoms with E-state index in [0.717, 1.165) is 16.7 Å². The maximum atomic E-state index is 12.0. The number of hydrogen-bond donors (Lipinski definition) is 1. The lowest BCUT2D eigenvalue weighted by Gasteiger charge is -2.10. The maximum absolute atomic E-state index is 12.0. The molecule has 0 heterocycles. The van der Waals surface area contributed by atoms with E-state index in [4.69, 9.17) is 16.3 Å². The largest absolute Gasteiger partial charge is 0.483 e. The average Bonchev–Trinajstić information content (AvgIpc) is 2.69. The van der Waals surface area contributed by atoms with E-state index in [1.54, 1.807) is 6.07 Å². The third-order valence-electron chi connectivity index (χ3n) is 3.63. The van der Waals surface area contributed by atoms with Crippen molar-refractivity contribution in [3.8, 4) is 16.9 Å². The van der Waals surface area contributed by atoms with Crippen LogP contribution in [-0.2, 0) is 4.79 Å². The molecule has 0 bridgehead atoms. The van der Waals surface area contributed by atoms with Gasteiger partial charge in [-0.1, -0.05) is 78.3 Å². The van der Waals surface area contributed by atoms with Crippen molar-refractivity contribution >= 4 is 23.7 Å². The summed E-state index contributed by atoms with van der Waals surface area (Å²) in [5.74, 6) is 0.292. The predicted molar refractivity (Wildman–Crippen MR) is 105 cm³/mol. The van der Waals surface area contributed by atoms with Gasteiger partial charge in [0.05, 0.1) is 6.21 Å². The van der Waals surface area contributed by atoms with Gasteiger partial charge in [0.25, 0.3) is 5.91 Å². The number of para-hydroxylation sites is 1. The van der Waals surface area contributed by atoms with Gasteiger partial charge in [-0.3, -0.25) is 4.79 Å². The zero-order valence-corrected chi connectivity index (χ0v) is 14.7. The predicted octanol–water partition coefficient (Wildman–Crippen LogP) is 4.54. The van der Waals surface area contributed by atoms with Crippen molar-refractivity contribution in [2.24, 2.45) is 5.10 Å². The standard InChI is InChI=1S/C21H17ClN2O2/c22-19-12-6-4-10-17(19)14-23-24-21(25)15-26-20-13-7-5-11-18(20)16-8-2-1-3-9-16/h1-14H,15H2,(H,24,25)/b23-14+. The monoisotopic (exact) mass is 364 g/mol. The van der Waals surface area contributed by atoms with Gasteiger partial charge in [-0.25, -0.2) is 5.43 Å². The smallest absolute Gasteiger partial charge is 0.277 e. The number of hydrazone groups is 1. The first-order chi connectivity index (χ1) is 12.7. The van der Waals surface area contributed by atoms with Crippen molar-refractivity contribution in [3.05, 3.63) is 89.4 Å².